The zero-order chi connectivity index (χ0) is 11.1. The highest BCUT2D eigenvalue weighted by Gasteiger charge is 2.48. The van der Waals surface area contributed by atoms with Crippen LogP contribution in [0.1, 0.15) is 52.9 Å². The number of hydrogen-bond acceptors (Lipinski definition) is 2. The van der Waals surface area contributed by atoms with Gasteiger partial charge in [-0.3, -0.25) is 0 Å². The van der Waals surface area contributed by atoms with Gasteiger partial charge >= 0.3 is 0 Å². The third kappa shape index (κ3) is 2.36. The number of hydrogen-bond donors (Lipinski definition) is 2. The first-order valence-corrected chi connectivity index (χ1v) is 6.42. The van der Waals surface area contributed by atoms with Crippen molar-refractivity contribution in [3.8, 4) is 0 Å². The van der Waals surface area contributed by atoms with Crippen LogP contribution in [0.15, 0.2) is 0 Å². The Morgan fingerprint density at radius 1 is 1.33 bits per heavy atom. The van der Waals surface area contributed by atoms with E-state index in [1.54, 1.807) is 0 Å². The summed E-state index contributed by atoms with van der Waals surface area (Å²) in [6, 6.07) is 0. The molecule has 2 fully saturated rings. The summed E-state index contributed by atoms with van der Waals surface area (Å²) in [7, 11) is 0. The third-order valence-electron chi connectivity index (χ3n) is 4.19. The molecule has 15 heavy (non-hydrogen) atoms. The van der Waals surface area contributed by atoms with Gasteiger partial charge in [-0.05, 0) is 57.4 Å². The molecule has 0 radical (unpaired) electrons. The monoisotopic (exact) mass is 211 g/mol. The second kappa shape index (κ2) is 3.74. The van der Waals surface area contributed by atoms with Crippen molar-refractivity contribution in [3.05, 3.63) is 0 Å². The van der Waals surface area contributed by atoms with Gasteiger partial charge in [-0.1, -0.05) is 13.8 Å². The molecule has 4 atom stereocenters. The van der Waals surface area contributed by atoms with Gasteiger partial charge in [0, 0.05) is 5.54 Å². The molecule has 0 aromatic heterocycles. The molecular weight excluding hydrogens is 186 g/mol. The van der Waals surface area contributed by atoms with E-state index in [1.807, 2.05) is 0 Å². The van der Waals surface area contributed by atoms with E-state index in [9.17, 15) is 5.11 Å². The van der Waals surface area contributed by atoms with E-state index < -0.39 is 0 Å². The Kier molecular flexibility index (Phi) is 2.85. The van der Waals surface area contributed by atoms with Crippen LogP contribution in [-0.2, 0) is 0 Å². The maximum Gasteiger partial charge on any atom is 0.0670 e. The molecule has 2 N–H and O–H groups in total. The number of fused-ring (bicyclic) bond motifs is 2. The van der Waals surface area contributed by atoms with Gasteiger partial charge < -0.3 is 10.4 Å². The molecule has 2 bridgehead atoms. The predicted octanol–water partition coefficient (Wildman–Crippen LogP) is 2.32. The first-order valence-electron chi connectivity index (χ1n) is 6.42. The van der Waals surface area contributed by atoms with Gasteiger partial charge in [0.15, 0.2) is 0 Å². The molecule has 2 aliphatic rings. The highest BCUT2D eigenvalue weighted by Crippen LogP contribution is 2.48. The summed E-state index contributed by atoms with van der Waals surface area (Å²) in [6.07, 6.45) is 5.54. The Bertz CT molecular complexity index is 237. The van der Waals surface area contributed by atoms with E-state index in [1.165, 1.54) is 12.8 Å². The number of rotatable bonds is 2. The van der Waals surface area contributed by atoms with Gasteiger partial charge in [-0.15, -0.1) is 0 Å². The molecule has 2 rings (SSSR count). The maximum atomic E-state index is 10.6. The molecule has 2 saturated carbocycles. The van der Waals surface area contributed by atoms with Gasteiger partial charge in [0.25, 0.3) is 0 Å². The Labute approximate surface area is 93.5 Å². The van der Waals surface area contributed by atoms with Gasteiger partial charge in [-0.25, -0.2) is 0 Å². The molecule has 0 heterocycles. The molecular formula is C13H25NO. The molecule has 0 spiro atoms. The van der Waals surface area contributed by atoms with Crippen molar-refractivity contribution < 1.29 is 5.11 Å². The minimum atomic E-state index is -0.377. The fourth-order valence-electron chi connectivity index (χ4n) is 4.30. The topological polar surface area (TPSA) is 32.3 Å². The van der Waals surface area contributed by atoms with Crippen LogP contribution in [-0.4, -0.2) is 22.8 Å². The summed E-state index contributed by atoms with van der Waals surface area (Å²) >= 11 is 0. The van der Waals surface area contributed by atoms with Crippen LogP contribution in [0, 0.1) is 11.8 Å². The van der Waals surface area contributed by atoms with Crippen LogP contribution >= 0.6 is 0 Å². The zero-order valence-corrected chi connectivity index (χ0v) is 10.3. The van der Waals surface area contributed by atoms with E-state index in [4.69, 9.17) is 0 Å². The Balaban J connectivity index is 2.12. The minimum absolute atomic E-state index is 0.173. The lowest BCUT2D eigenvalue weighted by atomic mass is 9.60. The highest BCUT2D eigenvalue weighted by atomic mass is 16.3. The molecule has 4 unspecified atom stereocenters. The number of nitrogens with one attached hydrogen (secondary N) is 1. The lowest BCUT2D eigenvalue weighted by Gasteiger charge is -2.52. The van der Waals surface area contributed by atoms with Gasteiger partial charge in [0.05, 0.1) is 5.60 Å². The normalized spacial score (nSPS) is 50.4. The van der Waals surface area contributed by atoms with Crippen molar-refractivity contribution >= 4 is 0 Å². The molecule has 2 aliphatic carbocycles. The molecule has 88 valence electrons. The standard InChI is InChI=1S/C13H25NO/c1-4-14-12(3)7-11-5-10(2)6-13(15,8-11)9-12/h10-11,14-15H,4-9H2,1-3H3. The smallest absolute Gasteiger partial charge is 0.0670 e. The molecule has 0 amide bonds. The van der Waals surface area contributed by atoms with Crippen molar-refractivity contribution in [2.24, 2.45) is 11.8 Å². The summed E-state index contributed by atoms with van der Waals surface area (Å²) in [5.74, 6) is 1.44. The first-order chi connectivity index (χ1) is 6.95. The van der Waals surface area contributed by atoms with E-state index in [0.717, 1.165) is 31.7 Å². The minimum Gasteiger partial charge on any atom is -0.390 e. The summed E-state index contributed by atoms with van der Waals surface area (Å²) in [5.41, 5.74) is -0.204. The SMILES string of the molecule is CCNC1(C)CC2CC(C)CC(O)(C2)C1. The van der Waals surface area contributed by atoms with Crippen LogP contribution in [0.5, 0.6) is 0 Å². The van der Waals surface area contributed by atoms with E-state index in [-0.39, 0.29) is 11.1 Å². The average molecular weight is 211 g/mol. The summed E-state index contributed by atoms with van der Waals surface area (Å²) < 4.78 is 0. The predicted molar refractivity (Wildman–Crippen MR) is 62.8 cm³/mol. The van der Waals surface area contributed by atoms with Crippen LogP contribution < -0.4 is 5.32 Å². The average Bonchev–Trinajstić information content (AvgIpc) is 1.97. The largest absolute Gasteiger partial charge is 0.390 e. The zero-order valence-electron chi connectivity index (χ0n) is 10.3. The van der Waals surface area contributed by atoms with Crippen molar-refractivity contribution in [3.63, 3.8) is 0 Å². The molecule has 2 heteroatoms. The van der Waals surface area contributed by atoms with Gasteiger partial charge in [0.2, 0.25) is 0 Å². The van der Waals surface area contributed by atoms with Crippen molar-refractivity contribution in [2.75, 3.05) is 6.54 Å². The quantitative estimate of drug-likeness (QED) is 0.734. The van der Waals surface area contributed by atoms with Crippen molar-refractivity contribution in [1.82, 2.24) is 5.32 Å². The highest BCUT2D eigenvalue weighted by molar-refractivity contribution is 5.03. The second-order valence-corrected chi connectivity index (χ2v) is 6.31. The van der Waals surface area contributed by atoms with E-state index >= 15 is 0 Å². The van der Waals surface area contributed by atoms with Crippen molar-refractivity contribution in [1.29, 1.82) is 0 Å². The molecule has 0 aliphatic heterocycles. The fourth-order valence-corrected chi connectivity index (χ4v) is 4.30. The Morgan fingerprint density at radius 2 is 2.07 bits per heavy atom. The van der Waals surface area contributed by atoms with E-state index in [2.05, 4.69) is 26.1 Å². The molecule has 0 saturated heterocycles. The summed E-state index contributed by atoms with van der Waals surface area (Å²) in [5, 5.41) is 14.2. The van der Waals surface area contributed by atoms with Crippen LogP contribution in [0.3, 0.4) is 0 Å². The van der Waals surface area contributed by atoms with Crippen molar-refractivity contribution in [2.45, 2.75) is 64.0 Å². The van der Waals surface area contributed by atoms with Crippen LogP contribution in [0.2, 0.25) is 0 Å². The van der Waals surface area contributed by atoms with Crippen LogP contribution in [0.25, 0.3) is 0 Å². The summed E-state index contributed by atoms with van der Waals surface area (Å²) in [6.45, 7) is 7.73. The van der Waals surface area contributed by atoms with Crippen LogP contribution in [0.4, 0.5) is 0 Å². The van der Waals surface area contributed by atoms with Gasteiger partial charge in [-0.2, -0.15) is 0 Å². The second-order valence-electron chi connectivity index (χ2n) is 6.31. The third-order valence-corrected chi connectivity index (χ3v) is 4.19. The lowest BCUT2D eigenvalue weighted by Crippen LogP contribution is -2.57. The summed E-state index contributed by atoms with van der Waals surface area (Å²) in [4.78, 5) is 0. The number of aliphatic hydroxyl groups is 1. The molecule has 0 aromatic rings. The van der Waals surface area contributed by atoms with E-state index in [0.29, 0.717) is 5.92 Å². The fraction of sp³-hybridized carbons (Fsp3) is 1.00. The Hall–Kier alpha value is -0.0800. The maximum absolute atomic E-state index is 10.6. The molecule has 0 aromatic carbocycles. The molecule has 2 nitrogen and oxygen atoms in total. The van der Waals surface area contributed by atoms with Gasteiger partial charge in [0.1, 0.15) is 0 Å². The first kappa shape index (κ1) is 11.4. The lowest BCUT2D eigenvalue weighted by molar-refractivity contribution is -0.0927. The Morgan fingerprint density at radius 3 is 2.67 bits per heavy atom.